The number of aromatic hydroxyl groups is 1. The van der Waals surface area contributed by atoms with E-state index < -0.39 is 24.3 Å². The zero-order chi connectivity index (χ0) is 41.6. The maximum atomic E-state index is 12.3. The number of aliphatic hydroxyl groups excluding tert-OH is 2. The number of hydrogen-bond donors (Lipinski definition) is 5. The number of hydrogen-bond acceptors (Lipinski definition) is 12. The summed E-state index contributed by atoms with van der Waals surface area (Å²) in [6.07, 6.45) is -0.675. The Kier molecular flexibility index (Phi) is 14.7. The minimum atomic E-state index is -0.634. The zero-order valence-corrected chi connectivity index (χ0v) is 32.8. The van der Waals surface area contributed by atoms with Gasteiger partial charge in [0.1, 0.15) is 31.3 Å². The van der Waals surface area contributed by atoms with Gasteiger partial charge in [0.25, 0.3) is 0 Å². The fraction of sp³-hybridized carbons (Fsp3) is 0.289. The minimum absolute atomic E-state index is 0.0622. The highest BCUT2D eigenvalue weighted by Crippen LogP contribution is 2.44. The quantitative estimate of drug-likeness (QED) is 0.0787. The Labute approximate surface area is 342 Å². The topological polar surface area (TPSA) is 183 Å². The molecule has 5 aromatic carbocycles. The number of ether oxygens (including phenoxy) is 7. The molecule has 2 amide bonds. The third-order valence-electron chi connectivity index (χ3n) is 9.54. The van der Waals surface area contributed by atoms with Crippen LogP contribution in [0.4, 0.5) is 9.59 Å². The Morgan fingerprint density at radius 2 is 1.03 bits per heavy atom. The third kappa shape index (κ3) is 11.5. The van der Waals surface area contributed by atoms with Crippen molar-refractivity contribution >= 4 is 12.2 Å². The molecule has 2 aliphatic rings. The molecular weight excluding hydrogens is 760 g/mol. The van der Waals surface area contributed by atoms with Crippen LogP contribution < -0.4 is 34.3 Å². The maximum absolute atomic E-state index is 12.3. The van der Waals surface area contributed by atoms with Crippen molar-refractivity contribution in [2.24, 2.45) is 0 Å². The second-order valence-electron chi connectivity index (χ2n) is 13.8. The summed E-state index contributed by atoms with van der Waals surface area (Å²) in [5, 5.41) is 35.2. The SMILES string of the molecule is Cc1c(O)c(C[C@@H](CO)NC(=O)OCc2ccccc2)cc2c1OCO2.Cc1c(OCc2ccccc2)c(C[C@@H](CO)NC(=O)OCc2ccccc2)cc2c1OCO2. The Hall–Kier alpha value is -6.64. The summed E-state index contributed by atoms with van der Waals surface area (Å²) in [5.74, 6) is 3.05. The molecule has 0 aromatic heterocycles. The number of fused-ring (bicyclic) bond motifs is 2. The maximum Gasteiger partial charge on any atom is 0.407 e. The van der Waals surface area contributed by atoms with Crippen LogP contribution >= 0.6 is 0 Å². The average molecular weight is 809 g/mol. The monoisotopic (exact) mass is 808 g/mol. The Bertz CT molecular complexity index is 2150. The summed E-state index contributed by atoms with van der Waals surface area (Å²) in [6, 6.07) is 30.9. The van der Waals surface area contributed by atoms with E-state index in [1.807, 2.05) is 104 Å². The van der Waals surface area contributed by atoms with Crippen molar-refractivity contribution in [3.63, 3.8) is 0 Å². The van der Waals surface area contributed by atoms with E-state index in [0.29, 0.717) is 52.9 Å². The summed E-state index contributed by atoms with van der Waals surface area (Å²) in [7, 11) is 0. The van der Waals surface area contributed by atoms with Crippen molar-refractivity contribution in [1.82, 2.24) is 10.6 Å². The summed E-state index contributed by atoms with van der Waals surface area (Å²) in [6.45, 7) is 4.00. The first-order valence-electron chi connectivity index (χ1n) is 19.1. The van der Waals surface area contributed by atoms with Crippen LogP contribution in [0.3, 0.4) is 0 Å². The van der Waals surface area contributed by atoms with Crippen molar-refractivity contribution in [3.05, 3.63) is 142 Å². The van der Waals surface area contributed by atoms with E-state index in [2.05, 4.69) is 10.6 Å². The van der Waals surface area contributed by atoms with Crippen LogP contribution in [-0.4, -0.2) is 66.4 Å². The molecule has 2 atom stereocenters. The number of phenols is 1. The fourth-order valence-electron chi connectivity index (χ4n) is 6.47. The van der Waals surface area contributed by atoms with Crippen molar-refractivity contribution < 1.29 is 58.1 Å². The normalized spacial score (nSPS) is 13.0. The van der Waals surface area contributed by atoms with Gasteiger partial charge in [0.05, 0.1) is 25.3 Å². The van der Waals surface area contributed by atoms with Crippen LogP contribution in [0.5, 0.6) is 34.5 Å². The molecule has 14 heteroatoms. The Morgan fingerprint density at radius 1 is 0.610 bits per heavy atom. The van der Waals surface area contributed by atoms with E-state index >= 15 is 0 Å². The number of amides is 2. The van der Waals surface area contributed by atoms with E-state index in [0.717, 1.165) is 27.8 Å². The van der Waals surface area contributed by atoms with Gasteiger partial charge in [0.2, 0.25) is 13.6 Å². The Balaban J connectivity index is 0.000000204. The Morgan fingerprint density at radius 3 is 1.51 bits per heavy atom. The number of alkyl carbamates (subject to hydrolysis) is 2. The van der Waals surface area contributed by atoms with Crippen LogP contribution in [0.15, 0.2) is 103 Å². The average Bonchev–Trinajstić information content (AvgIpc) is 3.95. The highest BCUT2D eigenvalue weighted by molar-refractivity contribution is 5.68. The predicted octanol–water partition coefficient (Wildman–Crippen LogP) is 6.39. The van der Waals surface area contributed by atoms with E-state index in [9.17, 15) is 24.9 Å². The third-order valence-corrected chi connectivity index (χ3v) is 9.54. The first-order valence-corrected chi connectivity index (χ1v) is 19.1. The number of aliphatic hydroxyl groups is 2. The lowest BCUT2D eigenvalue weighted by Crippen LogP contribution is -2.39. The van der Waals surface area contributed by atoms with Crippen LogP contribution in [0.2, 0.25) is 0 Å². The van der Waals surface area contributed by atoms with Gasteiger partial charge in [0, 0.05) is 22.3 Å². The van der Waals surface area contributed by atoms with Gasteiger partial charge < -0.3 is 59.1 Å². The van der Waals surface area contributed by atoms with Crippen LogP contribution in [0, 0.1) is 13.8 Å². The number of carbonyl (C=O) groups excluding carboxylic acids is 2. The van der Waals surface area contributed by atoms with Crippen LogP contribution in [0.25, 0.3) is 0 Å². The lowest BCUT2D eigenvalue weighted by molar-refractivity contribution is 0.128. The zero-order valence-electron chi connectivity index (χ0n) is 32.8. The number of phenolic OH excluding ortho intramolecular Hbond substituents is 1. The molecule has 0 bridgehead atoms. The standard InChI is InChI=1S/C26H27NO6.C19H21NO6/c1-18-24(30-15-19-8-4-2-5-9-19)21(13-23-25(18)33-17-32-23)12-22(14-28)27-26(29)31-16-20-10-6-3-7-11-20;1-12-17(22)14(8-16-18(12)26-11-25-16)7-15(9-21)20-19(23)24-10-13-5-3-2-4-6-13/h2-11,13,22,28H,12,14-17H2,1H3,(H,27,29);2-6,8,15,21-22H,7,9-11H2,1H3,(H,20,23)/t22-;15-/m00/s1. The summed E-state index contributed by atoms with van der Waals surface area (Å²) in [4.78, 5) is 24.3. The van der Waals surface area contributed by atoms with Crippen molar-refractivity contribution in [2.45, 2.75) is 58.6 Å². The minimum Gasteiger partial charge on any atom is -0.507 e. The summed E-state index contributed by atoms with van der Waals surface area (Å²) in [5.41, 5.74) is 5.52. The molecule has 14 nitrogen and oxygen atoms in total. The molecule has 5 aromatic rings. The van der Waals surface area contributed by atoms with E-state index in [1.54, 1.807) is 13.0 Å². The van der Waals surface area contributed by atoms with Gasteiger partial charge in [-0.2, -0.15) is 0 Å². The van der Waals surface area contributed by atoms with Gasteiger partial charge in [-0.3, -0.25) is 0 Å². The fourth-order valence-corrected chi connectivity index (χ4v) is 6.47. The van der Waals surface area contributed by atoms with Gasteiger partial charge in [-0.25, -0.2) is 9.59 Å². The smallest absolute Gasteiger partial charge is 0.407 e. The van der Waals surface area contributed by atoms with Gasteiger partial charge >= 0.3 is 12.2 Å². The molecule has 0 radical (unpaired) electrons. The molecule has 0 unspecified atom stereocenters. The number of nitrogens with one attached hydrogen (secondary N) is 2. The van der Waals surface area contributed by atoms with Gasteiger partial charge in [-0.05, 0) is 55.5 Å². The van der Waals surface area contributed by atoms with Crippen LogP contribution in [-0.2, 0) is 42.1 Å². The number of carbonyl (C=O) groups is 2. The molecule has 2 heterocycles. The van der Waals surface area contributed by atoms with Crippen LogP contribution in [0.1, 0.15) is 38.9 Å². The second kappa shape index (κ2) is 20.7. The van der Waals surface area contributed by atoms with Gasteiger partial charge in [-0.1, -0.05) is 91.0 Å². The molecule has 0 saturated carbocycles. The first kappa shape index (κ1) is 42.0. The van der Waals surface area contributed by atoms with Crippen molar-refractivity contribution in [1.29, 1.82) is 0 Å². The molecule has 0 saturated heterocycles. The molecule has 0 spiro atoms. The lowest BCUT2D eigenvalue weighted by Gasteiger charge is -2.20. The lowest BCUT2D eigenvalue weighted by atomic mass is 10.0. The molecule has 2 aliphatic heterocycles. The number of benzene rings is 5. The highest BCUT2D eigenvalue weighted by atomic mass is 16.7. The van der Waals surface area contributed by atoms with E-state index in [1.165, 1.54) is 0 Å². The highest BCUT2D eigenvalue weighted by Gasteiger charge is 2.26. The largest absolute Gasteiger partial charge is 0.507 e. The van der Waals surface area contributed by atoms with Crippen molar-refractivity contribution in [2.75, 3.05) is 26.8 Å². The van der Waals surface area contributed by atoms with E-state index in [4.69, 9.17) is 33.2 Å². The molecule has 0 aliphatic carbocycles. The summed E-state index contributed by atoms with van der Waals surface area (Å²) >= 11 is 0. The number of rotatable bonds is 15. The molecule has 0 fully saturated rings. The van der Waals surface area contributed by atoms with Gasteiger partial charge in [-0.15, -0.1) is 0 Å². The van der Waals surface area contributed by atoms with E-state index in [-0.39, 0.29) is 52.2 Å². The molecular formula is C45H48N2O12. The molecule has 59 heavy (non-hydrogen) atoms. The molecule has 5 N–H and O–H groups in total. The molecule has 7 rings (SSSR count). The summed E-state index contributed by atoms with van der Waals surface area (Å²) < 4.78 is 38.5. The van der Waals surface area contributed by atoms with Gasteiger partial charge in [0.15, 0.2) is 23.0 Å². The molecule has 310 valence electrons. The second-order valence-corrected chi connectivity index (χ2v) is 13.8. The first-order chi connectivity index (χ1) is 28.7. The van der Waals surface area contributed by atoms with Crippen molar-refractivity contribution in [3.8, 4) is 34.5 Å². The predicted molar refractivity (Wildman–Crippen MR) is 216 cm³/mol.